The number of aromatic nitrogens is 2. The molecular weight excluding hydrogens is 376 g/mol. The van der Waals surface area contributed by atoms with Crippen LogP contribution in [0.2, 0.25) is 0 Å². The molecule has 1 aromatic carbocycles. The van der Waals surface area contributed by atoms with Gasteiger partial charge in [-0.25, -0.2) is 0 Å². The number of hydrogen-bond acceptors (Lipinski definition) is 5. The van der Waals surface area contributed by atoms with Crippen molar-refractivity contribution >= 4 is 35.4 Å². The predicted octanol–water partition coefficient (Wildman–Crippen LogP) is 2.74. The minimum absolute atomic E-state index is 0.127. The summed E-state index contributed by atoms with van der Waals surface area (Å²) in [7, 11) is 0. The molecular formula is C20H18N4O3S. The molecule has 5 rings (SSSR count). The van der Waals surface area contributed by atoms with E-state index in [1.807, 2.05) is 19.9 Å². The van der Waals surface area contributed by atoms with Gasteiger partial charge in [-0.2, -0.15) is 0 Å². The fourth-order valence-electron chi connectivity index (χ4n) is 4.83. The van der Waals surface area contributed by atoms with Crippen LogP contribution in [0.5, 0.6) is 0 Å². The summed E-state index contributed by atoms with van der Waals surface area (Å²) in [5.41, 5.74) is 0.180. The molecule has 0 bridgehead atoms. The number of rotatable bonds is 0. The van der Waals surface area contributed by atoms with E-state index in [2.05, 4.69) is 20.6 Å². The molecule has 0 saturated heterocycles. The summed E-state index contributed by atoms with van der Waals surface area (Å²) < 4.78 is 0.156. The summed E-state index contributed by atoms with van der Waals surface area (Å²) in [5.74, 6) is -0.156. The third-order valence-corrected chi connectivity index (χ3v) is 5.97. The number of carbonyl (C=O) groups excluding carboxylic acids is 2. The van der Waals surface area contributed by atoms with E-state index in [9.17, 15) is 14.4 Å². The Bertz CT molecular complexity index is 1240. The lowest BCUT2D eigenvalue weighted by Crippen LogP contribution is -2.50. The summed E-state index contributed by atoms with van der Waals surface area (Å²) in [5, 5.41) is 6.07. The van der Waals surface area contributed by atoms with E-state index in [-0.39, 0.29) is 21.5 Å². The molecule has 28 heavy (non-hydrogen) atoms. The molecule has 4 N–H and O–H groups in total. The number of H-pyrrole nitrogens is 2. The predicted molar refractivity (Wildman–Crippen MR) is 107 cm³/mol. The number of allylic oxidation sites excluding steroid dienone is 1. The molecule has 1 unspecified atom stereocenters. The van der Waals surface area contributed by atoms with Gasteiger partial charge in [-0.3, -0.25) is 19.4 Å². The zero-order chi connectivity index (χ0) is 19.8. The van der Waals surface area contributed by atoms with Crippen molar-refractivity contribution in [2.24, 2.45) is 5.41 Å². The van der Waals surface area contributed by atoms with Gasteiger partial charge in [0.1, 0.15) is 11.2 Å². The van der Waals surface area contributed by atoms with Crippen molar-refractivity contribution in [1.29, 1.82) is 0 Å². The van der Waals surface area contributed by atoms with Crippen LogP contribution in [0.4, 0.5) is 11.5 Å². The zero-order valence-corrected chi connectivity index (χ0v) is 16.2. The Kier molecular flexibility index (Phi) is 3.23. The lowest BCUT2D eigenvalue weighted by Gasteiger charge is -2.42. The van der Waals surface area contributed by atoms with Crippen LogP contribution in [0, 0.1) is 10.2 Å². The fraction of sp³-hybridized carbons (Fsp3) is 0.300. The normalized spacial score (nSPS) is 24.4. The number of para-hydroxylation sites is 1. The Hall–Kier alpha value is -3.00. The summed E-state index contributed by atoms with van der Waals surface area (Å²) in [4.78, 5) is 45.3. The first-order valence-corrected chi connectivity index (χ1v) is 9.47. The second-order valence-corrected chi connectivity index (χ2v) is 8.74. The molecule has 1 atom stereocenters. The lowest BCUT2D eigenvalue weighted by atomic mass is 9.61. The molecule has 8 heteroatoms. The van der Waals surface area contributed by atoms with E-state index in [1.165, 1.54) is 0 Å². The quantitative estimate of drug-likeness (QED) is 0.514. The number of Topliss-reactive ketones (excluding diaryl/α,β-unsaturated/α-hetero) is 1. The van der Waals surface area contributed by atoms with Crippen molar-refractivity contribution in [3.8, 4) is 0 Å². The Morgan fingerprint density at radius 2 is 1.75 bits per heavy atom. The standard InChI is InChI=1S/C20H18N4O3S/c1-19(2)7-11-13(12(25)8-19)20(9-5-3-4-6-10(9)22-17(20)27)14-15(21-11)23-18(28)24-16(14)26/h3-6H,7-8H2,1-2H3,(H,22,27)(H3,21,23,24,26,28). The summed E-state index contributed by atoms with van der Waals surface area (Å²) in [6.45, 7) is 4.03. The van der Waals surface area contributed by atoms with Gasteiger partial charge in [0.05, 0.1) is 5.56 Å². The SMILES string of the molecule is CC1(C)CC(=O)C2=C(C1)Nc1[nH]c(=S)[nH]c(=O)c1C21C(=O)Nc2ccccc21. The number of nitrogens with one attached hydrogen (secondary N) is 4. The van der Waals surface area contributed by atoms with E-state index in [0.717, 1.165) is 0 Å². The van der Waals surface area contributed by atoms with Crippen molar-refractivity contribution < 1.29 is 9.59 Å². The second-order valence-electron chi connectivity index (χ2n) is 8.33. The van der Waals surface area contributed by atoms with Crippen LogP contribution in [0.3, 0.4) is 0 Å². The highest BCUT2D eigenvalue weighted by Crippen LogP contribution is 2.55. The maximum atomic E-state index is 13.5. The van der Waals surface area contributed by atoms with Crippen molar-refractivity contribution in [2.75, 3.05) is 10.6 Å². The fourth-order valence-corrected chi connectivity index (χ4v) is 5.03. The lowest BCUT2D eigenvalue weighted by molar-refractivity contribution is -0.123. The highest BCUT2D eigenvalue weighted by atomic mass is 32.1. The van der Waals surface area contributed by atoms with Crippen molar-refractivity contribution in [2.45, 2.75) is 32.1 Å². The van der Waals surface area contributed by atoms with Crippen LogP contribution < -0.4 is 16.2 Å². The molecule has 3 heterocycles. The number of fused-ring (bicyclic) bond motifs is 5. The van der Waals surface area contributed by atoms with Crippen LogP contribution in [0.1, 0.15) is 37.8 Å². The van der Waals surface area contributed by atoms with E-state index in [1.54, 1.807) is 18.2 Å². The highest BCUT2D eigenvalue weighted by Gasteiger charge is 2.59. The Morgan fingerprint density at radius 1 is 1.00 bits per heavy atom. The van der Waals surface area contributed by atoms with E-state index in [4.69, 9.17) is 12.2 Å². The van der Waals surface area contributed by atoms with Crippen LogP contribution in [-0.4, -0.2) is 21.7 Å². The molecule has 2 aromatic rings. The van der Waals surface area contributed by atoms with Gasteiger partial charge in [0.25, 0.3) is 5.56 Å². The van der Waals surface area contributed by atoms with Gasteiger partial charge >= 0.3 is 0 Å². The van der Waals surface area contributed by atoms with E-state index < -0.39 is 16.9 Å². The third kappa shape index (κ3) is 2.03. The second kappa shape index (κ2) is 5.29. The number of carbonyl (C=O) groups is 2. The van der Waals surface area contributed by atoms with Gasteiger partial charge in [0.2, 0.25) is 5.91 Å². The van der Waals surface area contributed by atoms with Crippen molar-refractivity contribution in [3.05, 3.63) is 61.8 Å². The summed E-state index contributed by atoms with van der Waals surface area (Å²) in [6, 6.07) is 7.19. The van der Waals surface area contributed by atoms with Crippen LogP contribution in [-0.2, 0) is 15.0 Å². The molecule has 7 nitrogen and oxygen atoms in total. The van der Waals surface area contributed by atoms with E-state index >= 15 is 0 Å². The topological polar surface area (TPSA) is 107 Å². The number of aromatic amines is 2. The number of anilines is 2. The van der Waals surface area contributed by atoms with E-state index in [0.29, 0.717) is 41.2 Å². The molecule has 0 saturated carbocycles. The van der Waals surface area contributed by atoms with Gasteiger partial charge in [0.15, 0.2) is 10.6 Å². The first kappa shape index (κ1) is 17.1. The molecule has 0 fully saturated rings. The smallest absolute Gasteiger partial charge is 0.258 e. The first-order chi connectivity index (χ1) is 13.2. The minimum atomic E-state index is -1.49. The van der Waals surface area contributed by atoms with Crippen LogP contribution in [0.25, 0.3) is 0 Å². The molecule has 1 spiro atoms. The molecule has 1 aromatic heterocycles. The largest absolute Gasteiger partial charge is 0.344 e. The summed E-state index contributed by atoms with van der Waals surface area (Å²) >= 11 is 5.14. The van der Waals surface area contributed by atoms with Gasteiger partial charge in [-0.15, -0.1) is 0 Å². The summed E-state index contributed by atoms with van der Waals surface area (Å²) in [6.07, 6.45) is 0.888. The maximum Gasteiger partial charge on any atom is 0.258 e. The third-order valence-electron chi connectivity index (χ3n) is 5.76. The van der Waals surface area contributed by atoms with Gasteiger partial charge < -0.3 is 15.6 Å². The number of ketones is 1. The molecule has 0 radical (unpaired) electrons. The van der Waals surface area contributed by atoms with Gasteiger partial charge in [-0.05, 0) is 30.1 Å². The van der Waals surface area contributed by atoms with Crippen molar-refractivity contribution in [1.82, 2.24) is 9.97 Å². The molecule has 3 aliphatic rings. The molecule has 1 aliphatic carbocycles. The Labute approximate surface area is 165 Å². The first-order valence-electron chi connectivity index (χ1n) is 9.06. The minimum Gasteiger partial charge on any atom is -0.344 e. The zero-order valence-electron chi connectivity index (χ0n) is 15.4. The van der Waals surface area contributed by atoms with Gasteiger partial charge in [0, 0.05) is 28.9 Å². The van der Waals surface area contributed by atoms with Crippen molar-refractivity contribution in [3.63, 3.8) is 0 Å². The number of benzene rings is 1. The highest BCUT2D eigenvalue weighted by molar-refractivity contribution is 7.71. The average molecular weight is 394 g/mol. The molecule has 142 valence electrons. The Balaban J connectivity index is 1.96. The number of amides is 1. The average Bonchev–Trinajstić information content (AvgIpc) is 2.85. The van der Waals surface area contributed by atoms with Crippen LogP contribution >= 0.6 is 12.2 Å². The van der Waals surface area contributed by atoms with Crippen LogP contribution in [0.15, 0.2) is 40.3 Å². The molecule has 1 amide bonds. The number of hydrogen-bond donors (Lipinski definition) is 4. The molecule has 2 aliphatic heterocycles. The monoisotopic (exact) mass is 394 g/mol. The Morgan fingerprint density at radius 3 is 2.54 bits per heavy atom. The maximum absolute atomic E-state index is 13.5. The van der Waals surface area contributed by atoms with Gasteiger partial charge in [-0.1, -0.05) is 32.0 Å².